The second-order valence-corrected chi connectivity index (χ2v) is 4.83. The van der Waals surface area contributed by atoms with Gasteiger partial charge in [0.2, 0.25) is 0 Å². The Morgan fingerprint density at radius 1 is 1.36 bits per heavy atom. The number of piperazine rings is 1. The highest BCUT2D eigenvalue weighted by Crippen LogP contribution is 2.10. The van der Waals surface area contributed by atoms with Crippen LogP contribution in [-0.2, 0) is 0 Å². The fourth-order valence-electron chi connectivity index (χ4n) is 2.25. The van der Waals surface area contributed by atoms with Crippen LogP contribution in [0.15, 0.2) is 0 Å². The fourth-order valence-corrected chi connectivity index (χ4v) is 2.25. The normalized spacial score (nSPS) is 25.9. The molecule has 3 heteroatoms. The predicted octanol–water partition coefficient (Wildman–Crippen LogP) is 0.607. The Labute approximate surface area is 88.2 Å². The van der Waals surface area contributed by atoms with Crippen molar-refractivity contribution in [1.29, 1.82) is 0 Å². The lowest BCUT2D eigenvalue weighted by Crippen LogP contribution is -2.53. The highest BCUT2D eigenvalue weighted by molar-refractivity contribution is 4.79. The molecule has 2 N–H and O–H groups in total. The molecule has 1 atom stereocenters. The van der Waals surface area contributed by atoms with Crippen LogP contribution in [0.25, 0.3) is 0 Å². The average Bonchev–Trinajstić information content (AvgIpc) is 2.09. The molecule has 14 heavy (non-hydrogen) atoms. The minimum absolute atomic E-state index is 0.672. The average molecular weight is 199 g/mol. The third kappa shape index (κ3) is 3.56. The minimum atomic E-state index is 0.672. The Bertz CT molecular complexity index is 159. The van der Waals surface area contributed by atoms with Gasteiger partial charge in [-0.3, -0.25) is 4.90 Å². The van der Waals surface area contributed by atoms with Crippen LogP contribution < -0.4 is 5.73 Å². The molecular formula is C11H25N3. The van der Waals surface area contributed by atoms with Crippen molar-refractivity contribution in [2.45, 2.75) is 26.8 Å². The number of nitrogens with two attached hydrogens (primary N) is 1. The molecule has 0 aromatic carbocycles. The number of nitrogens with zero attached hydrogens (tertiary/aromatic N) is 2. The van der Waals surface area contributed by atoms with E-state index in [1.54, 1.807) is 0 Å². The molecule has 1 saturated heterocycles. The maximum Gasteiger partial charge on any atom is 0.0195 e. The quantitative estimate of drug-likeness (QED) is 0.720. The number of hydrogen-bond acceptors (Lipinski definition) is 3. The van der Waals surface area contributed by atoms with Crippen LogP contribution >= 0.6 is 0 Å². The van der Waals surface area contributed by atoms with Crippen LogP contribution in [0.4, 0.5) is 0 Å². The molecule has 1 unspecified atom stereocenters. The maximum atomic E-state index is 5.58. The van der Waals surface area contributed by atoms with E-state index in [4.69, 9.17) is 5.73 Å². The summed E-state index contributed by atoms with van der Waals surface area (Å²) in [5.41, 5.74) is 5.58. The van der Waals surface area contributed by atoms with Gasteiger partial charge in [-0.2, -0.15) is 0 Å². The molecule has 1 aliphatic heterocycles. The van der Waals surface area contributed by atoms with E-state index in [0.717, 1.165) is 19.0 Å². The molecule has 1 fully saturated rings. The lowest BCUT2D eigenvalue weighted by Gasteiger charge is -2.40. The van der Waals surface area contributed by atoms with Crippen molar-refractivity contribution in [1.82, 2.24) is 9.80 Å². The van der Waals surface area contributed by atoms with Gasteiger partial charge in [-0.1, -0.05) is 13.8 Å². The summed E-state index contributed by atoms with van der Waals surface area (Å²) in [6.45, 7) is 13.6. The Hall–Kier alpha value is -0.120. The van der Waals surface area contributed by atoms with E-state index in [1.165, 1.54) is 26.2 Å². The van der Waals surface area contributed by atoms with Gasteiger partial charge < -0.3 is 10.6 Å². The summed E-state index contributed by atoms with van der Waals surface area (Å²) < 4.78 is 0. The first-order chi connectivity index (χ1) is 6.63. The second-order valence-electron chi connectivity index (χ2n) is 4.83. The fraction of sp³-hybridized carbons (Fsp3) is 1.00. The van der Waals surface area contributed by atoms with Crippen molar-refractivity contribution < 1.29 is 0 Å². The summed E-state index contributed by atoms with van der Waals surface area (Å²) in [6, 6.07) is 0.672. The molecule has 1 heterocycles. The van der Waals surface area contributed by atoms with Crippen molar-refractivity contribution >= 4 is 0 Å². The van der Waals surface area contributed by atoms with Gasteiger partial charge in [-0.25, -0.2) is 0 Å². The lowest BCUT2D eigenvalue weighted by atomic mass is 10.1. The van der Waals surface area contributed by atoms with E-state index in [9.17, 15) is 0 Å². The molecule has 0 aromatic rings. The molecule has 1 rings (SSSR count). The summed E-state index contributed by atoms with van der Waals surface area (Å²) in [5.74, 6) is 0.781. The van der Waals surface area contributed by atoms with Crippen LogP contribution in [0.5, 0.6) is 0 Å². The Morgan fingerprint density at radius 3 is 2.57 bits per heavy atom. The number of hydrogen-bond donors (Lipinski definition) is 1. The molecular weight excluding hydrogens is 174 g/mol. The highest BCUT2D eigenvalue weighted by Gasteiger charge is 2.22. The first kappa shape index (κ1) is 12.0. The lowest BCUT2D eigenvalue weighted by molar-refractivity contribution is 0.0787. The Morgan fingerprint density at radius 2 is 2.07 bits per heavy atom. The molecule has 0 amide bonds. The topological polar surface area (TPSA) is 32.5 Å². The monoisotopic (exact) mass is 199 g/mol. The molecule has 0 saturated carbocycles. The standard InChI is InChI=1S/C11H25N3/c1-10(2)8-13-6-7-14(5-4-12)11(3)9-13/h10-11H,4-9,12H2,1-3H3. The minimum Gasteiger partial charge on any atom is -0.329 e. The van der Waals surface area contributed by atoms with Crippen molar-refractivity contribution in [2.24, 2.45) is 11.7 Å². The van der Waals surface area contributed by atoms with E-state index in [0.29, 0.717) is 6.04 Å². The first-order valence-corrected chi connectivity index (χ1v) is 5.80. The van der Waals surface area contributed by atoms with Crippen molar-refractivity contribution in [3.8, 4) is 0 Å². The molecule has 84 valence electrons. The van der Waals surface area contributed by atoms with E-state index in [2.05, 4.69) is 30.6 Å². The van der Waals surface area contributed by atoms with E-state index in [1.807, 2.05) is 0 Å². The number of rotatable bonds is 4. The molecule has 0 radical (unpaired) electrons. The van der Waals surface area contributed by atoms with Gasteiger partial charge in [0, 0.05) is 45.3 Å². The zero-order valence-electron chi connectivity index (χ0n) is 9.87. The summed E-state index contributed by atoms with van der Waals surface area (Å²) >= 11 is 0. The third-order valence-electron chi connectivity index (χ3n) is 2.89. The van der Waals surface area contributed by atoms with E-state index >= 15 is 0 Å². The molecule has 0 aliphatic carbocycles. The van der Waals surface area contributed by atoms with E-state index < -0.39 is 0 Å². The first-order valence-electron chi connectivity index (χ1n) is 5.80. The summed E-state index contributed by atoms with van der Waals surface area (Å²) in [4.78, 5) is 5.07. The maximum absolute atomic E-state index is 5.58. The SMILES string of the molecule is CC(C)CN1CCN(CCN)C(C)C1. The van der Waals surface area contributed by atoms with Gasteiger partial charge >= 0.3 is 0 Å². The summed E-state index contributed by atoms with van der Waals surface area (Å²) in [7, 11) is 0. The molecule has 1 aliphatic rings. The smallest absolute Gasteiger partial charge is 0.0195 e. The molecule has 0 bridgehead atoms. The van der Waals surface area contributed by atoms with Crippen LogP contribution in [-0.4, -0.2) is 55.1 Å². The Balaban J connectivity index is 2.31. The zero-order chi connectivity index (χ0) is 10.6. The summed E-state index contributed by atoms with van der Waals surface area (Å²) in [5, 5.41) is 0. The summed E-state index contributed by atoms with van der Waals surface area (Å²) in [6.07, 6.45) is 0. The molecule has 0 aromatic heterocycles. The third-order valence-corrected chi connectivity index (χ3v) is 2.89. The van der Waals surface area contributed by atoms with Gasteiger partial charge in [-0.15, -0.1) is 0 Å². The van der Waals surface area contributed by atoms with Gasteiger partial charge in [-0.05, 0) is 12.8 Å². The molecule has 0 spiro atoms. The van der Waals surface area contributed by atoms with Crippen molar-refractivity contribution in [3.63, 3.8) is 0 Å². The van der Waals surface area contributed by atoms with Gasteiger partial charge in [0.15, 0.2) is 0 Å². The van der Waals surface area contributed by atoms with Crippen LogP contribution in [0.3, 0.4) is 0 Å². The van der Waals surface area contributed by atoms with Gasteiger partial charge in [0.05, 0.1) is 0 Å². The highest BCUT2D eigenvalue weighted by atomic mass is 15.3. The van der Waals surface area contributed by atoms with Gasteiger partial charge in [0.1, 0.15) is 0 Å². The van der Waals surface area contributed by atoms with Gasteiger partial charge in [0.25, 0.3) is 0 Å². The van der Waals surface area contributed by atoms with Crippen molar-refractivity contribution in [3.05, 3.63) is 0 Å². The predicted molar refractivity (Wildman–Crippen MR) is 61.4 cm³/mol. The largest absolute Gasteiger partial charge is 0.329 e. The van der Waals surface area contributed by atoms with E-state index in [-0.39, 0.29) is 0 Å². The Kier molecular flexibility index (Phi) is 4.85. The second kappa shape index (κ2) is 5.69. The molecule has 3 nitrogen and oxygen atoms in total. The van der Waals surface area contributed by atoms with Crippen molar-refractivity contribution in [2.75, 3.05) is 39.3 Å². The van der Waals surface area contributed by atoms with Crippen LogP contribution in [0.1, 0.15) is 20.8 Å². The zero-order valence-corrected chi connectivity index (χ0v) is 9.87. The van der Waals surface area contributed by atoms with Crippen LogP contribution in [0.2, 0.25) is 0 Å². The van der Waals surface area contributed by atoms with Crippen LogP contribution in [0, 0.1) is 5.92 Å².